The first kappa shape index (κ1) is 13.8. The number of carbonyl (C=O) groups is 1. The molecule has 0 N–H and O–H groups in total. The zero-order valence-corrected chi connectivity index (χ0v) is 12.8. The van der Waals surface area contributed by atoms with E-state index in [-0.39, 0.29) is 0 Å². The Balaban J connectivity index is 1.86. The van der Waals surface area contributed by atoms with Crippen molar-refractivity contribution in [3.63, 3.8) is 0 Å². The number of aromatic nitrogens is 1. The fourth-order valence-corrected chi connectivity index (χ4v) is 3.27. The van der Waals surface area contributed by atoms with Crippen LogP contribution >= 0.6 is 0 Å². The highest BCUT2D eigenvalue weighted by molar-refractivity contribution is 6.09. The molecule has 2 heteroatoms. The predicted octanol–water partition coefficient (Wildman–Crippen LogP) is 4.85. The number of hydrogen-bond acceptors (Lipinski definition) is 1. The quantitative estimate of drug-likeness (QED) is 0.494. The topological polar surface area (TPSA) is 22.0 Å². The maximum absolute atomic E-state index is 11.1. The Hall–Kier alpha value is -2.87. The van der Waals surface area contributed by atoms with Gasteiger partial charge in [0.25, 0.3) is 0 Å². The minimum atomic E-state index is 0.723. The lowest BCUT2D eigenvalue weighted by Crippen LogP contribution is -2.01. The van der Waals surface area contributed by atoms with Gasteiger partial charge in [0.2, 0.25) is 0 Å². The molecule has 4 rings (SSSR count). The first-order valence-electron chi connectivity index (χ1n) is 7.87. The van der Waals surface area contributed by atoms with Crippen molar-refractivity contribution in [3.05, 3.63) is 83.9 Å². The summed E-state index contributed by atoms with van der Waals surface area (Å²) in [5, 5.41) is 2.45. The number of para-hydroxylation sites is 1. The summed E-state index contributed by atoms with van der Waals surface area (Å²) in [6.45, 7) is 0.899. The Kier molecular flexibility index (Phi) is 3.43. The van der Waals surface area contributed by atoms with Crippen LogP contribution in [0, 0.1) is 0 Å². The van der Waals surface area contributed by atoms with Crippen LogP contribution < -0.4 is 0 Å². The molecule has 0 unspecified atom stereocenters. The summed E-state index contributed by atoms with van der Waals surface area (Å²) in [4.78, 5) is 11.1. The molecule has 23 heavy (non-hydrogen) atoms. The van der Waals surface area contributed by atoms with Gasteiger partial charge in [-0.05, 0) is 24.1 Å². The SMILES string of the molecule is O=Cc1ccc2c3ccccc3n(CCc3ccccc3)c2c1. The molecule has 0 fully saturated rings. The molecule has 0 atom stereocenters. The summed E-state index contributed by atoms with van der Waals surface area (Å²) in [5.74, 6) is 0. The molecule has 0 bridgehead atoms. The Morgan fingerprint density at radius 2 is 1.52 bits per heavy atom. The van der Waals surface area contributed by atoms with Gasteiger partial charge in [-0.2, -0.15) is 0 Å². The molecule has 2 nitrogen and oxygen atoms in total. The van der Waals surface area contributed by atoms with Gasteiger partial charge in [-0.25, -0.2) is 0 Å². The number of hydrogen-bond donors (Lipinski definition) is 0. The fraction of sp³-hybridized carbons (Fsp3) is 0.0952. The zero-order chi connectivity index (χ0) is 15.6. The van der Waals surface area contributed by atoms with E-state index in [0.717, 1.165) is 30.3 Å². The lowest BCUT2D eigenvalue weighted by molar-refractivity contribution is 0.112. The van der Waals surface area contributed by atoms with Crippen molar-refractivity contribution >= 4 is 28.1 Å². The summed E-state index contributed by atoms with van der Waals surface area (Å²) in [6, 6.07) is 24.9. The van der Waals surface area contributed by atoms with Crippen molar-refractivity contribution in [1.82, 2.24) is 4.57 Å². The summed E-state index contributed by atoms with van der Waals surface area (Å²) in [7, 11) is 0. The lowest BCUT2D eigenvalue weighted by Gasteiger charge is -2.08. The highest BCUT2D eigenvalue weighted by atomic mass is 16.1. The third kappa shape index (κ3) is 2.42. The molecular formula is C21H17NO. The van der Waals surface area contributed by atoms with E-state index in [4.69, 9.17) is 0 Å². The molecule has 1 heterocycles. The normalized spacial score (nSPS) is 11.1. The van der Waals surface area contributed by atoms with E-state index < -0.39 is 0 Å². The minimum absolute atomic E-state index is 0.723. The van der Waals surface area contributed by atoms with Crippen LogP contribution in [0.15, 0.2) is 72.8 Å². The maximum atomic E-state index is 11.1. The minimum Gasteiger partial charge on any atom is -0.340 e. The number of nitrogens with zero attached hydrogens (tertiary/aromatic N) is 1. The van der Waals surface area contributed by atoms with Crippen LogP contribution in [-0.2, 0) is 13.0 Å². The van der Waals surface area contributed by atoms with Gasteiger partial charge in [-0.3, -0.25) is 4.79 Å². The Bertz CT molecular complexity index is 983. The van der Waals surface area contributed by atoms with E-state index in [1.807, 2.05) is 18.2 Å². The van der Waals surface area contributed by atoms with Crippen LogP contribution in [0.1, 0.15) is 15.9 Å². The second-order valence-electron chi connectivity index (χ2n) is 5.80. The molecule has 4 aromatic rings. The lowest BCUT2D eigenvalue weighted by atomic mass is 10.1. The number of aldehydes is 1. The Morgan fingerprint density at radius 1 is 0.783 bits per heavy atom. The van der Waals surface area contributed by atoms with Crippen LogP contribution in [0.2, 0.25) is 0 Å². The number of aryl methyl sites for hydroxylation is 2. The monoisotopic (exact) mass is 299 g/mol. The smallest absolute Gasteiger partial charge is 0.150 e. The van der Waals surface area contributed by atoms with E-state index in [2.05, 4.69) is 59.2 Å². The van der Waals surface area contributed by atoms with Gasteiger partial charge in [0, 0.05) is 33.9 Å². The number of benzene rings is 3. The summed E-state index contributed by atoms with van der Waals surface area (Å²) < 4.78 is 2.32. The molecule has 0 spiro atoms. The third-order valence-electron chi connectivity index (χ3n) is 4.40. The summed E-state index contributed by atoms with van der Waals surface area (Å²) in [5.41, 5.74) is 4.40. The van der Waals surface area contributed by atoms with Crippen molar-refractivity contribution in [2.45, 2.75) is 13.0 Å². The molecule has 0 saturated carbocycles. The molecule has 0 amide bonds. The zero-order valence-electron chi connectivity index (χ0n) is 12.8. The average molecular weight is 299 g/mol. The number of carbonyl (C=O) groups excluding carboxylic acids is 1. The highest BCUT2D eigenvalue weighted by Gasteiger charge is 2.10. The van der Waals surface area contributed by atoms with Crippen LogP contribution in [-0.4, -0.2) is 10.9 Å². The summed E-state index contributed by atoms with van der Waals surface area (Å²) >= 11 is 0. The molecule has 1 aromatic heterocycles. The molecule has 0 radical (unpaired) electrons. The molecule has 0 aliphatic heterocycles. The van der Waals surface area contributed by atoms with Crippen molar-refractivity contribution in [2.24, 2.45) is 0 Å². The fourth-order valence-electron chi connectivity index (χ4n) is 3.27. The second kappa shape index (κ2) is 5.73. The van der Waals surface area contributed by atoms with Gasteiger partial charge in [0.15, 0.2) is 0 Å². The molecular weight excluding hydrogens is 282 g/mol. The van der Waals surface area contributed by atoms with Crippen LogP contribution in [0.3, 0.4) is 0 Å². The van der Waals surface area contributed by atoms with Gasteiger partial charge < -0.3 is 4.57 Å². The van der Waals surface area contributed by atoms with Crippen molar-refractivity contribution < 1.29 is 4.79 Å². The van der Waals surface area contributed by atoms with Gasteiger partial charge in [-0.1, -0.05) is 60.7 Å². The van der Waals surface area contributed by atoms with E-state index in [1.165, 1.54) is 21.9 Å². The number of fused-ring (bicyclic) bond motifs is 3. The summed E-state index contributed by atoms with van der Waals surface area (Å²) in [6.07, 6.45) is 1.89. The maximum Gasteiger partial charge on any atom is 0.150 e. The largest absolute Gasteiger partial charge is 0.340 e. The standard InChI is InChI=1S/C21H17NO/c23-15-17-10-11-19-18-8-4-5-9-20(18)22(21(19)14-17)13-12-16-6-2-1-3-7-16/h1-11,14-15H,12-13H2. The second-order valence-corrected chi connectivity index (χ2v) is 5.80. The molecule has 112 valence electrons. The van der Waals surface area contributed by atoms with Crippen molar-refractivity contribution in [1.29, 1.82) is 0 Å². The van der Waals surface area contributed by atoms with E-state index in [1.54, 1.807) is 0 Å². The van der Waals surface area contributed by atoms with Gasteiger partial charge in [0.1, 0.15) is 6.29 Å². The molecule has 0 saturated heterocycles. The first-order chi connectivity index (χ1) is 11.4. The highest BCUT2D eigenvalue weighted by Crippen LogP contribution is 2.29. The Morgan fingerprint density at radius 3 is 2.35 bits per heavy atom. The van der Waals surface area contributed by atoms with Crippen molar-refractivity contribution in [2.75, 3.05) is 0 Å². The van der Waals surface area contributed by atoms with E-state index >= 15 is 0 Å². The van der Waals surface area contributed by atoms with Crippen LogP contribution in [0.25, 0.3) is 21.8 Å². The van der Waals surface area contributed by atoms with Crippen LogP contribution in [0.4, 0.5) is 0 Å². The van der Waals surface area contributed by atoms with E-state index in [9.17, 15) is 4.79 Å². The first-order valence-corrected chi connectivity index (χ1v) is 7.87. The van der Waals surface area contributed by atoms with Crippen LogP contribution in [0.5, 0.6) is 0 Å². The van der Waals surface area contributed by atoms with Gasteiger partial charge in [0.05, 0.1) is 0 Å². The molecule has 0 aliphatic rings. The van der Waals surface area contributed by atoms with Crippen molar-refractivity contribution in [3.8, 4) is 0 Å². The van der Waals surface area contributed by atoms with E-state index in [0.29, 0.717) is 0 Å². The third-order valence-corrected chi connectivity index (χ3v) is 4.40. The average Bonchev–Trinajstić information content (AvgIpc) is 2.94. The van der Waals surface area contributed by atoms with Gasteiger partial charge in [-0.15, -0.1) is 0 Å². The van der Waals surface area contributed by atoms with Gasteiger partial charge >= 0.3 is 0 Å². The molecule has 0 aliphatic carbocycles. The molecule has 3 aromatic carbocycles. The number of rotatable bonds is 4. The predicted molar refractivity (Wildman–Crippen MR) is 95.0 cm³/mol. The Labute approximate surface area is 135 Å².